The van der Waals surface area contributed by atoms with E-state index in [1.807, 2.05) is 6.07 Å². The van der Waals surface area contributed by atoms with E-state index < -0.39 is 18.5 Å². The molecule has 6 nitrogen and oxygen atoms in total. The van der Waals surface area contributed by atoms with Gasteiger partial charge in [-0.3, -0.25) is 4.79 Å². The summed E-state index contributed by atoms with van der Waals surface area (Å²) < 4.78 is 51.5. The second-order valence-electron chi connectivity index (χ2n) is 8.02. The number of ether oxygens (including phenoxy) is 2. The molecule has 0 aliphatic rings. The van der Waals surface area contributed by atoms with Crippen LogP contribution in [0.2, 0.25) is 0 Å². The van der Waals surface area contributed by atoms with Crippen LogP contribution in [0.15, 0.2) is 60.7 Å². The Labute approximate surface area is 205 Å². The summed E-state index contributed by atoms with van der Waals surface area (Å²) in [5, 5.41) is 11.6. The smallest absolute Gasteiger partial charge is 0.393 e. The first-order valence-electron chi connectivity index (χ1n) is 10.9. The number of H-pyrrole nitrogens is 1. The highest BCUT2D eigenvalue weighted by Crippen LogP contribution is 2.39. The van der Waals surface area contributed by atoms with Gasteiger partial charge in [-0.15, -0.1) is 0 Å². The van der Waals surface area contributed by atoms with Gasteiger partial charge < -0.3 is 19.8 Å². The lowest BCUT2D eigenvalue weighted by atomic mass is 9.98. The fraction of sp³-hybridized carbons (Fsp3) is 0.185. The normalized spacial score (nSPS) is 11.2. The Morgan fingerprint density at radius 3 is 2.39 bits per heavy atom. The van der Waals surface area contributed by atoms with Gasteiger partial charge in [0.15, 0.2) is 11.5 Å². The summed E-state index contributed by atoms with van der Waals surface area (Å²) in [6.45, 7) is -0.127. The van der Waals surface area contributed by atoms with Crippen molar-refractivity contribution in [2.75, 3.05) is 20.8 Å². The summed E-state index contributed by atoms with van der Waals surface area (Å²) >= 11 is 0. The van der Waals surface area contributed by atoms with Gasteiger partial charge >= 0.3 is 6.18 Å². The average molecular weight is 493 g/mol. The fourth-order valence-corrected chi connectivity index (χ4v) is 4.11. The molecular weight excluding hydrogens is 471 g/mol. The summed E-state index contributed by atoms with van der Waals surface area (Å²) in [5.41, 5.74) is 3.18. The number of nitriles is 1. The second kappa shape index (κ2) is 10.0. The number of amides is 1. The number of hydrogen-bond donors (Lipinski definition) is 2. The molecule has 0 bridgehead atoms. The molecule has 1 heterocycles. The number of benzene rings is 3. The van der Waals surface area contributed by atoms with E-state index in [0.29, 0.717) is 50.3 Å². The van der Waals surface area contributed by atoms with E-state index in [1.165, 1.54) is 14.2 Å². The Hall–Kier alpha value is -4.45. The average Bonchev–Trinajstić information content (AvgIpc) is 3.22. The number of hydrogen-bond acceptors (Lipinski definition) is 4. The van der Waals surface area contributed by atoms with E-state index in [2.05, 4.69) is 10.3 Å². The highest BCUT2D eigenvalue weighted by atomic mass is 19.4. The number of alkyl halides is 3. The van der Waals surface area contributed by atoms with Crippen molar-refractivity contribution in [3.8, 4) is 40.0 Å². The van der Waals surface area contributed by atoms with Crippen molar-refractivity contribution >= 4 is 16.8 Å². The molecule has 4 aromatic rings. The Balaban J connectivity index is 1.84. The maximum absolute atomic E-state index is 13.6. The molecule has 4 rings (SSSR count). The maximum Gasteiger partial charge on any atom is 0.393 e. The monoisotopic (exact) mass is 493 g/mol. The molecule has 3 aromatic carbocycles. The van der Waals surface area contributed by atoms with Crippen molar-refractivity contribution in [1.82, 2.24) is 10.3 Å². The molecule has 0 radical (unpaired) electrons. The Morgan fingerprint density at radius 1 is 0.972 bits per heavy atom. The van der Waals surface area contributed by atoms with E-state index >= 15 is 0 Å². The van der Waals surface area contributed by atoms with Crippen molar-refractivity contribution in [2.45, 2.75) is 12.6 Å². The fourth-order valence-electron chi connectivity index (χ4n) is 4.11. The first-order chi connectivity index (χ1) is 17.2. The number of rotatable bonds is 7. The first-order valence-corrected chi connectivity index (χ1v) is 10.9. The summed E-state index contributed by atoms with van der Waals surface area (Å²) in [5.74, 6) is 0.462. The lowest BCUT2D eigenvalue weighted by Crippen LogP contribution is -2.23. The van der Waals surface area contributed by atoms with Crippen molar-refractivity contribution < 1.29 is 27.4 Å². The van der Waals surface area contributed by atoms with Crippen LogP contribution in [0.25, 0.3) is 33.3 Å². The number of methoxy groups -OCH3 is 2. The summed E-state index contributed by atoms with van der Waals surface area (Å²) in [6.07, 6.45) is -5.56. The van der Waals surface area contributed by atoms with Crippen molar-refractivity contribution in [3.63, 3.8) is 0 Å². The number of aromatic amines is 1. The van der Waals surface area contributed by atoms with Crippen LogP contribution in [0.4, 0.5) is 13.2 Å². The van der Waals surface area contributed by atoms with Crippen LogP contribution in [0.1, 0.15) is 15.9 Å². The predicted molar refractivity (Wildman–Crippen MR) is 130 cm³/mol. The van der Waals surface area contributed by atoms with Gasteiger partial charge in [-0.1, -0.05) is 18.2 Å². The molecule has 0 aliphatic carbocycles. The van der Waals surface area contributed by atoms with Crippen molar-refractivity contribution in [1.29, 1.82) is 5.26 Å². The molecule has 0 fully saturated rings. The van der Waals surface area contributed by atoms with Gasteiger partial charge in [-0.05, 0) is 59.2 Å². The van der Waals surface area contributed by atoms with Gasteiger partial charge in [-0.25, -0.2) is 0 Å². The molecule has 0 saturated carbocycles. The van der Waals surface area contributed by atoms with Gasteiger partial charge in [0.25, 0.3) is 5.91 Å². The van der Waals surface area contributed by atoms with Crippen LogP contribution in [-0.2, 0) is 6.42 Å². The van der Waals surface area contributed by atoms with E-state index in [4.69, 9.17) is 14.7 Å². The minimum Gasteiger partial charge on any atom is -0.493 e. The zero-order valence-corrected chi connectivity index (χ0v) is 19.5. The molecule has 0 unspecified atom stereocenters. The molecule has 0 spiro atoms. The lowest BCUT2D eigenvalue weighted by molar-refractivity contribution is -0.126. The lowest BCUT2D eigenvalue weighted by Gasteiger charge is -2.12. The van der Waals surface area contributed by atoms with Crippen LogP contribution in [0, 0.1) is 11.3 Å². The molecule has 36 heavy (non-hydrogen) atoms. The van der Waals surface area contributed by atoms with E-state index in [0.717, 1.165) is 0 Å². The minimum atomic E-state index is -4.44. The van der Waals surface area contributed by atoms with Crippen LogP contribution in [-0.4, -0.2) is 37.8 Å². The number of carbonyl (C=O) groups excluding carboxylic acids is 1. The maximum atomic E-state index is 13.6. The molecule has 0 aliphatic heterocycles. The molecule has 1 aromatic heterocycles. The first kappa shape index (κ1) is 24.7. The second-order valence-corrected chi connectivity index (χ2v) is 8.02. The number of halogens is 3. The highest BCUT2D eigenvalue weighted by molar-refractivity contribution is 5.97. The summed E-state index contributed by atoms with van der Waals surface area (Å²) in [7, 11) is 2.95. The predicted octanol–water partition coefficient (Wildman–Crippen LogP) is 5.88. The molecule has 184 valence electrons. The molecule has 2 N–H and O–H groups in total. The molecule has 1 amide bonds. The number of fused-ring (bicyclic) bond motifs is 1. The zero-order chi connectivity index (χ0) is 25.9. The standard InChI is InChI=1S/C27H22F3N3O3/c1-35-23-9-7-18(14-24(23)36-2)25-21(15-27(28,29)30)20-13-17(6-8-22(20)33-25)16-4-3-5-19(12-16)26(34)32-11-10-31/h3-9,12-14,33H,11,15H2,1-2H3,(H,32,34). The van der Waals surface area contributed by atoms with Gasteiger partial charge in [-0.2, -0.15) is 18.4 Å². The highest BCUT2D eigenvalue weighted by Gasteiger charge is 2.31. The van der Waals surface area contributed by atoms with Crippen LogP contribution < -0.4 is 14.8 Å². The largest absolute Gasteiger partial charge is 0.493 e. The number of carbonyl (C=O) groups is 1. The Morgan fingerprint density at radius 2 is 1.69 bits per heavy atom. The van der Waals surface area contributed by atoms with E-state index in [-0.39, 0.29) is 12.1 Å². The van der Waals surface area contributed by atoms with Gasteiger partial charge in [0, 0.05) is 22.0 Å². The third-order valence-electron chi connectivity index (χ3n) is 5.74. The van der Waals surface area contributed by atoms with E-state index in [1.54, 1.807) is 60.7 Å². The quantitative estimate of drug-likeness (QED) is 0.315. The third kappa shape index (κ3) is 5.13. The summed E-state index contributed by atoms with van der Waals surface area (Å²) in [4.78, 5) is 15.4. The zero-order valence-electron chi connectivity index (χ0n) is 19.5. The van der Waals surface area contributed by atoms with Gasteiger partial charge in [0.2, 0.25) is 0 Å². The van der Waals surface area contributed by atoms with Crippen LogP contribution in [0.5, 0.6) is 11.5 Å². The van der Waals surface area contributed by atoms with Crippen molar-refractivity contribution in [3.05, 3.63) is 71.8 Å². The number of nitrogens with zero attached hydrogens (tertiary/aromatic N) is 1. The summed E-state index contributed by atoms with van der Waals surface area (Å²) in [6, 6.07) is 18.7. The number of nitrogens with one attached hydrogen (secondary N) is 2. The minimum absolute atomic E-state index is 0.106. The Bertz CT molecular complexity index is 1470. The van der Waals surface area contributed by atoms with E-state index in [9.17, 15) is 18.0 Å². The SMILES string of the molecule is COc1ccc(-c2[nH]c3ccc(-c4cccc(C(=O)NCC#N)c4)cc3c2CC(F)(F)F)cc1OC. The molecule has 0 saturated heterocycles. The van der Waals surface area contributed by atoms with Crippen LogP contribution in [0.3, 0.4) is 0 Å². The number of aromatic nitrogens is 1. The molecular formula is C27H22F3N3O3. The van der Waals surface area contributed by atoms with Crippen molar-refractivity contribution in [2.24, 2.45) is 0 Å². The van der Waals surface area contributed by atoms with Crippen LogP contribution >= 0.6 is 0 Å². The topological polar surface area (TPSA) is 87.1 Å². The van der Waals surface area contributed by atoms with Gasteiger partial charge in [0.05, 0.1) is 32.4 Å². The molecule has 9 heteroatoms. The molecule has 0 atom stereocenters. The van der Waals surface area contributed by atoms with Gasteiger partial charge in [0.1, 0.15) is 6.54 Å². The third-order valence-corrected chi connectivity index (χ3v) is 5.74. The Kier molecular flexibility index (Phi) is 6.88.